The number of benzene rings is 1. The molecule has 0 saturated carbocycles. The summed E-state index contributed by atoms with van der Waals surface area (Å²) in [5, 5.41) is 0. The molecule has 1 aromatic rings. The highest BCUT2D eigenvalue weighted by Gasteiger charge is 2.30. The van der Waals surface area contributed by atoms with E-state index in [0.717, 1.165) is 22.6 Å². The summed E-state index contributed by atoms with van der Waals surface area (Å²) in [5.74, 6) is 0.182. The molecule has 0 amide bonds. The van der Waals surface area contributed by atoms with Crippen LogP contribution in [0.15, 0.2) is 18.2 Å². The summed E-state index contributed by atoms with van der Waals surface area (Å²) in [6.45, 7) is 0.240. The molecule has 0 aliphatic carbocycles. The van der Waals surface area contributed by atoms with Crippen molar-refractivity contribution >= 4 is 22.6 Å². The van der Waals surface area contributed by atoms with Crippen molar-refractivity contribution in [3.05, 3.63) is 29.3 Å². The lowest BCUT2D eigenvalue weighted by atomic mass is 10.1. The standard InChI is InChI=1S/C9H10F2INO/c1-14-8-3-2-6(5-13)4-7(8)9(10,11)12/h2-4H,5,13H2,1H3. The Bertz CT molecular complexity index is 325. The van der Waals surface area contributed by atoms with Crippen molar-refractivity contribution < 1.29 is 13.5 Å². The molecule has 78 valence electrons. The summed E-state index contributed by atoms with van der Waals surface area (Å²) in [5.41, 5.74) is 5.89. The van der Waals surface area contributed by atoms with Gasteiger partial charge < -0.3 is 10.5 Å². The van der Waals surface area contributed by atoms with Crippen LogP contribution in [0, 0.1) is 0 Å². The molecule has 0 heterocycles. The van der Waals surface area contributed by atoms with E-state index >= 15 is 0 Å². The number of rotatable bonds is 3. The number of nitrogens with two attached hydrogens (primary N) is 1. The van der Waals surface area contributed by atoms with Gasteiger partial charge in [-0.25, -0.2) is 0 Å². The Morgan fingerprint density at radius 1 is 1.50 bits per heavy atom. The topological polar surface area (TPSA) is 35.2 Å². The van der Waals surface area contributed by atoms with E-state index in [0.29, 0.717) is 5.56 Å². The fraction of sp³-hybridized carbons (Fsp3) is 0.333. The minimum atomic E-state index is -2.94. The van der Waals surface area contributed by atoms with E-state index in [-0.39, 0.29) is 17.9 Å². The van der Waals surface area contributed by atoms with Crippen molar-refractivity contribution in [1.82, 2.24) is 0 Å². The van der Waals surface area contributed by atoms with Crippen molar-refractivity contribution in [2.45, 2.75) is 10.5 Å². The zero-order valence-corrected chi connectivity index (χ0v) is 9.72. The predicted octanol–water partition coefficient (Wildman–Crippen LogP) is 2.64. The zero-order valence-electron chi connectivity index (χ0n) is 7.56. The van der Waals surface area contributed by atoms with Crippen LogP contribution in [0.1, 0.15) is 11.1 Å². The van der Waals surface area contributed by atoms with Crippen molar-refractivity contribution in [3.63, 3.8) is 0 Å². The molecule has 0 aromatic heterocycles. The highest BCUT2D eigenvalue weighted by molar-refractivity contribution is 14.1. The second-order valence-electron chi connectivity index (χ2n) is 2.74. The number of alkyl halides is 3. The van der Waals surface area contributed by atoms with Crippen LogP contribution in [0.4, 0.5) is 8.78 Å². The van der Waals surface area contributed by atoms with E-state index in [2.05, 4.69) is 0 Å². The van der Waals surface area contributed by atoms with Gasteiger partial charge in [0.05, 0.1) is 12.7 Å². The van der Waals surface area contributed by atoms with Crippen LogP contribution in [-0.4, -0.2) is 7.11 Å². The van der Waals surface area contributed by atoms with Gasteiger partial charge in [-0.1, -0.05) is 6.07 Å². The van der Waals surface area contributed by atoms with Gasteiger partial charge in [-0.15, -0.1) is 0 Å². The first-order chi connectivity index (χ1) is 6.49. The Labute approximate surface area is 94.6 Å². The molecular formula is C9H10F2INO. The van der Waals surface area contributed by atoms with E-state index in [1.54, 1.807) is 6.07 Å². The summed E-state index contributed by atoms with van der Waals surface area (Å²) >= 11 is 1.07. The number of ether oxygens (including phenoxy) is 1. The van der Waals surface area contributed by atoms with Crippen molar-refractivity contribution in [3.8, 4) is 5.75 Å². The molecule has 2 nitrogen and oxygen atoms in total. The maximum Gasteiger partial charge on any atom is 0.325 e. The van der Waals surface area contributed by atoms with Crippen LogP contribution in [-0.2, 0) is 10.5 Å². The second kappa shape index (κ2) is 4.39. The molecule has 0 aliphatic rings. The molecule has 0 radical (unpaired) electrons. The zero-order chi connectivity index (χ0) is 10.8. The number of methoxy groups -OCH3 is 1. The van der Waals surface area contributed by atoms with Gasteiger partial charge in [0.15, 0.2) is 0 Å². The van der Waals surface area contributed by atoms with E-state index in [1.165, 1.54) is 19.2 Å². The fourth-order valence-electron chi connectivity index (χ4n) is 1.10. The lowest BCUT2D eigenvalue weighted by Gasteiger charge is -2.14. The minimum Gasteiger partial charge on any atom is -0.496 e. The maximum absolute atomic E-state index is 13.1. The third-order valence-corrected chi connectivity index (χ3v) is 2.39. The van der Waals surface area contributed by atoms with Gasteiger partial charge in [-0.05, 0) is 17.7 Å². The van der Waals surface area contributed by atoms with E-state index in [9.17, 15) is 8.78 Å². The van der Waals surface area contributed by atoms with Gasteiger partial charge in [-0.2, -0.15) is 8.78 Å². The predicted molar refractivity (Wildman–Crippen MR) is 58.8 cm³/mol. The monoisotopic (exact) mass is 313 g/mol. The Balaban J connectivity index is 3.22. The molecule has 0 fully saturated rings. The van der Waals surface area contributed by atoms with E-state index < -0.39 is 3.93 Å². The molecule has 0 aliphatic heterocycles. The molecule has 0 bridgehead atoms. The third-order valence-electron chi connectivity index (χ3n) is 1.80. The fourth-order valence-corrected chi connectivity index (χ4v) is 1.53. The largest absolute Gasteiger partial charge is 0.496 e. The second-order valence-corrected chi connectivity index (χ2v) is 4.09. The van der Waals surface area contributed by atoms with Crippen molar-refractivity contribution in [2.75, 3.05) is 7.11 Å². The van der Waals surface area contributed by atoms with Crippen LogP contribution in [0.2, 0.25) is 0 Å². The van der Waals surface area contributed by atoms with Gasteiger partial charge in [0, 0.05) is 29.1 Å². The van der Waals surface area contributed by atoms with Crippen LogP contribution in [0.5, 0.6) is 5.75 Å². The molecule has 14 heavy (non-hydrogen) atoms. The molecule has 2 N–H and O–H groups in total. The molecule has 5 heteroatoms. The third kappa shape index (κ3) is 2.54. The van der Waals surface area contributed by atoms with Gasteiger partial charge in [-0.3, -0.25) is 0 Å². The summed E-state index contributed by atoms with van der Waals surface area (Å²) < 4.78 is 28.1. The number of hydrogen-bond acceptors (Lipinski definition) is 2. The Morgan fingerprint density at radius 3 is 2.57 bits per heavy atom. The summed E-state index contributed by atoms with van der Waals surface area (Å²) in [4.78, 5) is 0. The number of halogens is 3. The average molecular weight is 313 g/mol. The van der Waals surface area contributed by atoms with Crippen molar-refractivity contribution in [2.24, 2.45) is 5.73 Å². The minimum absolute atomic E-state index is 0.136. The van der Waals surface area contributed by atoms with Crippen LogP contribution < -0.4 is 10.5 Å². The summed E-state index contributed by atoms with van der Waals surface area (Å²) in [6, 6.07) is 4.54. The molecular weight excluding hydrogens is 303 g/mol. The molecule has 1 aromatic carbocycles. The lowest BCUT2D eigenvalue weighted by molar-refractivity contribution is 0.123. The molecule has 0 unspecified atom stereocenters. The smallest absolute Gasteiger partial charge is 0.325 e. The first kappa shape index (κ1) is 11.6. The number of hydrogen-bond donors (Lipinski definition) is 1. The normalized spacial score (nSPS) is 11.5. The Kier molecular flexibility index (Phi) is 3.65. The maximum atomic E-state index is 13.1. The summed E-state index contributed by atoms with van der Waals surface area (Å²) in [6.07, 6.45) is 0. The molecule has 1 rings (SSSR count). The van der Waals surface area contributed by atoms with Gasteiger partial charge in [0.25, 0.3) is 0 Å². The molecule has 0 spiro atoms. The quantitative estimate of drug-likeness (QED) is 0.688. The van der Waals surface area contributed by atoms with Gasteiger partial charge in [0.2, 0.25) is 0 Å². The van der Waals surface area contributed by atoms with Crippen LogP contribution in [0.3, 0.4) is 0 Å². The Hall–Kier alpha value is -0.430. The lowest BCUT2D eigenvalue weighted by Crippen LogP contribution is -2.07. The van der Waals surface area contributed by atoms with Crippen LogP contribution in [0.25, 0.3) is 0 Å². The first-order valence-electron chi connectivity index (χ1n) is 3.93. The van der Waals surface area contributed by atoms with Gasteiger partial charge in [0.1, 0.15) is 5.75 Å². The Morgan fingerprint density at radius 2 is 2.14 bits per heavy atom. The van der Waals surface area contributed by atoms with Crippen LogP contribution >= 0.6 is 22.6 Å². The highest BCUT2D eigenvalue weighted by Crippen LogP contribution is 2.40. The van der Waals surface area contributed by atoms with Crippen molar-refractivity contribution in [1.29, 1.82) is 0 Å². The van der Waals surface area contributed by atoms with Gasteiger partial charge >= 0.3 is 3.93 Å². The average Bonchev–Trinajstić information content (AvgIpc) is 2.15. The van der Waals surface area contributed by atoms with E-state index in [4.69, 9.17) is 10.5 Å². The molecule has 0 atom stereocenters. The first-order valence-corrected chi connectivity index (χ1v) is 5.01. The molecule has 0 saturated heterocycles. The van der Waals surface area contributed by atoms with E-state index in [1.807, 2.05) is 0 Å². The SMILES string of the molecule is COc1ccc(CN)cc1C(F)(F)I. The highest BCUT2D eigenvalue weighted by atomic mass is 127. The summed E-state index contributed by atoms with van der Waals surface area (Å²) in [7, 11) is 1.36.